The molecule has 0 fully saturated rings. The molecule has 0 N–H and O–H groups in total. The van der Waals surface area contributed by atoms with Crippen molar-refractivity contribution >= 4 is 0 Å². The second-order valence-corrected chi connectivity index (χ2v) is 2.93. The van der Waals surface area contributed by atoms with Gasteiger partial charge in [-0.1, -0.05) is 13.8 Å². The molecule has 60 valence electrons. The zero-order chi connectivity index (χ0) is 8.27. The predicted molar refractivity (Wildman–Crippen MR) is 45.5 cm³/mol. The molecule has 0 spiro atoms. The highest BCUT2D eigenvalue weighted by molar-refractivity contribution is 5.04. The summed E-state index contributed by atoms with van der Waals surface area (Å²) in [6, 6.07) is 0. The third-order valence-electron chi connectivity index (χ3n) is 1.85. The fourth-order valence-corrected chi connectivity index (χ4v) is 0.840. The lowest BCUT2D eigenvalue weighted by Crippen LogP contribution is -1.98. The van der Waals surface area contributed by atoms with Gasteiger partial charge >= 0.3 is 0 Å². The van der Waals surface area contributed by atoms with Crippen LogP contribution in [-0.2, 0) is 0 Å². The average molecular weight is 150 g/mol. The molecule has 2 nitrogen and oxygen atoms in total. The van der Waals surface area contributed by atoms with E-state index in [9.17, 15) is 0 Å². The van der Waals surface area contributed by atoms with Crippen molar-refractivity contribution in [1.82, 2.24) is 9.97 Å². The first-order chi connectivity index (χ1) is 5.24. The molecule has 1 aromatic rings. The van der Waals surface area contributed by atoms with Crippen molar-refractivity contribution in [2.24, 2.45) is 0 Å². The summed E-state index contributed by atoms with van der Waals surface area (Å²) in [5.41, 5.74) is 1.12. The molecule has 0 saturated heterocycles. The summed E-state index contributed by atoms with van der Waals surface area (Å²) in [4.78, 5) is 8.48. The summed E-state index contributed by atoms with van der Waals surface area (Å²) in [5, 5.41) is 0. The Morgan fingerprint density at radius 1 is 1.36 bits per heavy atom. The lowest BCUT2D eigenvalue weighted by Gasteiger charge is -2.05. The molecule has 0 aliphatic carbocycles. The van der Waals surface area contributed by atoms with Gasteiger partial charge in [0.15, 0.2) is 0 Å². The summed E-state index contributed by atoms with van der Waals surface area (Å²) >= 11 is 0. The first kappa shape index (κ1) is 8.18. The molecule has 0 amide bonds. The zero-order valence-electron chi connectivity index (χ0n) is 7.33. The standard InChI is InChI=1S/C9H14N2/c1-4-8(3)9-10-5-7(2)6-11-9/h5-6,8H,4H2,1-3H3. The minimum absolute atomic E-state index is 0.482. The Bertz CT molecular complexity index is 216. The van der Waals surface area contributed by atoms with E-state index in [0.29, 0.717) is 5.92 Å². The van der Waals surface area contributed by atoms with Crippen LogP contribution in [0.25, 0.3) is 0 Å². The Labute approximate surface area is 67.7 Å². The van der Waals surface area contributed by atoms with Gasteiger partial charge in [0, 0.05) is 18.3 Å². The van der Waals surface area contributed by atoms with Gasteiger partial charge < -0.3 is 0 Å². The molecule has 1 aromatic heterocycles. The van der Waals surface area contributed by atoms with Gasteiger partial charge in [-0.15, -0.1) is 0 Å². The topological polar surface area (TPSA) is 25.8 Å². The Kier molecular flexibility index (Phi) is 2.58. The van der Waals surface area contributed by atoms with Crippen LogP contribution in [0.1, 0.15) is 37.6 Å². The SMILES string of the molecule is CCC(C)c1ncc(C)cn1. The highest BCUT2D eigenvalue weighted by Gasteiger charge is 2.03. The number of aromatic nitrogens is 2. The molecule has 0 aliphatic heterocycles. The van der Waals surface area contributed by atoms with E-state index in [2.05, 4.69) is 23.8 Å². The van der Waals surface area contributed by atoms with E-state index in [1.54, 1.807) is 0 Å². The maximum atomic E-state index is 4.24. The normalized spacial score (nSPS) is 13.0. The summed E-state index contributed by atoms with van der Waals surface area (Å²) in [6.07, 6.45) is 4.84. The van der Waals surface area contributed by atoms with Gasteiger partial charge in [0.05, 0.1) is 0 Å². The first-order valence-electron chi connectivity index (χ1n) is 4.02. The number of hydrogen-bond acceptors (Lipinski definition) is 2. The number of rotatable bonds is 2. The maximum Gasteiger partial charge on any atom is 0.131 e. The summed E-state index contributed by atoms with van der Waals surface area (Å²) in [5.74, 6) is 1.44. The molecule has 0 radical (unpaired) electrons. The van der Waals surface area contributed by atoms with Crippen molar-refractivity contribution in [2.75, 3.05) is 0 Å². The molecule has 1 atom stereocenters. The maximum absolute atomic E-state index is 4.24. The Morgan fingerprint density at radius 2 is 1.91 bits per heavy atom. The van der Waals surface area contributed by atoms with E-state index in [1.165, 1.54) is 0 Å². The second kappa shape index (κ2) is 3.46. The molecule has 2 heteroatoms. The van der Waals surface area contributed by atoms with Gasteiger partial charge in [-0.05, 0) is 18.9 Å². The number of hydrogen-bond donors (Lipinski definition) is 0. The van der Waals surface area contributed by atoms with E-state index >= 15 is 0 Å². The van der Waals surface area contributed by atoms with Crippen LogP contribution in [0, 0.1) is 6.92 Å². The average Bonchev–Trinajstić information content (AvgIpc) is 2.05. The highest BCUT2D eigenvalue weighted by Crippen LogP contribution is 2.12. The van der Waals surface area contributed by atoms with E-state index in [0.717, 1.165) is 17.8 Å². The fourth-order valence-electron chi connectivity index (χ4n) is 0.840. The van der Waals surface area contributed by atoms with Crippen molar-refractivity contribution in [2.45, 2.75) is 33.1 Å². The van der Waals surface area contributed by atoms with Crippen LogP contribution in [0.2, 0.25) is 0 Å². The zero-order valence-corrected chi connectivity index (χ0v) is 7.33. The lowest BCUT2D eigenvalue weighted by atomic mass is 10.1. The molecule has 0 aromatic carbocycles. The minimum atomic E-state index is 0.482. The molecular formula is C9H14N2. The Hall–Kier alpha value is -0.920. The van der Waals surface area contributed by atoms with Gasteiger partial charge in [-0.2, -0.15) is 0 Å². The van der Waals surface area contributed by atoms with Gasteiger partial charge in [0.2, 0.25) is 0 Å². The van der Waals surface area contributed by atoms with Crippen molar-refractivity contribution in [3.63, 3.8) is 0 Å². The van der Waals surface area contributed by atoms with Crippen LogP contribution in [0.5, 0.6) is 0 Å². The van der Waals surface area contributed by atoms with Crippen LogP contribution in [0.4, 0.5) is 0 Å². The summed E-state index contributed by atoms with van der Waals surface area (Å²) in [6.45, 7) is 6.29. The van der Waals surface area contributed by atoms with Crippen LogP contribution < -0.4 is 0 Å². The van der Waals surface area contributed by atoms with Gasteiger partial charge in [-0.25, -0.2) is 9.97 Å². The molecular weight excluding hydrogens is 136 g/mol. The number of aryl methyl sites for hydroxylation is 1. The summed E-state index contributed by atoms with van der Waals surface area (Å²) < 4.78 is 0. The molecule has 0 aliphatic rings. The quantitative estimate of drug-likeness (QED) is 0.646. The molecule has 1 heterocycles. The second-order valence-electron chi connectivity index (χ2n) is 2.93. The lowest BCUT2D eigenvalue weighted by molar-refractivity contribution is 0.677. The van der Waals surface area contributed by atoms with E-state index in [-0.39, 0.29) is 0 Å². The minimum Gasteiger partial charge on any atom is -0.241 e. The van der Waals surface area contributed by atoms with E-state index in [1.807, 2.05) is 19.3 Å². The molecule has 11 heavy (non-hydrogen) atoms. The predicted octanol–water partition coefficient (Wildman–Crippen LogP) is 2.30. The van der Waals surface area contributed by atoms with Gasteiger partial charge in [0.1, 0.15) is 5.82 Å². The first-order valence-corrected chi connectivity index (χ1v) is 4.02. The van der Waals surface area contributed by atoms with Crippen LogP contribution in [0.15, 0.2) is 12.4 Å². The monoisotopic (exact) mass is 150 g/mol. The Balaban J connectivity index is 2.81. The van der Waals surface area contributed by atoms with Crippen molar-refractivity contribution in [3.05, 3.63) is 23.8 Å². The highest BCUT2D eigenvalue weighted by atomic mass is 14.9. The largest absolute Gasteiger partial charge is 0.241 e. The van der Waals surface area contributed by atoms with E-state index < -0.39 is 0 Å². The summed E-state index contributed by atoms with van der Waals surface area (Å²) in [7, 11) is 0. The molecule has 1 rings (SSSR count). The van der Waals surface area contributed by atoms with Gasteiger partial charge in [0.25, 0.3) is 0 Å². The van der Waals surface area contributed by atoms with Gasteiger partial charge in [-0.3, -0.25) is 0 Å². The molecule has 0 saturated carbocycles. The third-order valence-corrected chi connectivity index (χ3v) is 1.85. The molecule has 1 unspecified atom stereocenters. The number of nitrogens with zero attached hydrogens (tertiary/aromatic N) is 2. The van der Waals surface area contributed by atoms with Crippen molar-refractivity contribution < 1.29 is 0 Å². The smallest absolute Gasteiger partial charge is 0.131 e. The molecule has 0 bridgehead atoms. The van der Waals surface area contributed by atoms with Crippen molar-refractivity contribution in [3.8, 4) is 0 Å². The van der Waals surface area contributed by atoms with Crippen LogP contribution in [-0.4, -0.2) is 9.97 Å². The van der Waals surface area contributed by atoms with Crippen LogP contribution >= 0.6 is 0 Å². The van der Waals surface area contributed by atoms with E-state index in [4.69, 9.17) is 0 Å². The fraction of sp³-hybridized carbons (Fsp3) is 0.556. The Morgan fingerprint density at radius 3 is 2.36 bits per heavy atom. The van der Waals surface area contributed by atoms with Crippen molar-refractivity contribution in [1.29, 1.82) is 0 Å². The third kappa shape index (κ3) is 2.00. The van der Waals surface area contributed by atoms with Crippen LogP contribution in [0.3, 0.4) is 0 Å².